The maximum Gasteiger partial charge on any atom is 0.205 e. The van der Waals surface area contributed by atoms with Crippen LogP contribution >= 0.6 is 0 Å². The van der Waals surface area contributed by atoms with E-state index in [-0.39, 0.29) is 11.1 Å². The number of allylic oxidation sites excluding steroid dienone is 2. The van der Waals surface area contributed by atoms with Gasteiger partial charge in [-0.25, -0.2) is 9.59 Å². The third kappa shape index (κ3) is 3.53. The van der Waals surface area contributed by atoms with E-state index >= 15 is 0 Å². The van der Waals surface area contributed by atoms with Gasteiger partial charge in [0, 0.05) is 11.1 Å². The molecule has 0 heterocycles. The topological polar surface area (TPSA) is 68.3 Å². The maximum atomic E-state index is 12.4. The highest BCUT2D eigenvalue weighted by molar-refractivity contribution is 6.28. The van der Waals surface area contributed by atoms with Crippen LogP contribution in [0, 0.1) is 13.8 Å². The van der Waals surface area contributed by atoms with Crippen LogP contribution < -0.4 is 0 Å². The Balaban J connectivity index is 2.40. The SMILES string of the molecule is Cc1ccc(C(=O)C(=C=O)C(=C=O)C(=O)c2ccc(C)cc2)cc1. The molecule has 4 heteroatoms. The molecule has 0 atom stereocenters. The van der Waals surface area contributed by atoms with Gasteiger partial charge in [0.05, 0.1) is 0 Å². The van der Waals surface area contributed by atoms with E-state index in [9.17, 15) is 19.2 Å². The van der Waals surface area contributed by atoms with Gasteiger partial charge in [-0.3, -0.25) is 9.59 Å². The number of ketones is 2. The lowest BCUT2D eigenvalue weighted by Crippen LogP contribution is -2.14. The van der Waals surface area contributed by atoms with Crippen molar-refractivity contribution in [2.24, 2.45) is 0 Å². The first-order valence-corrected chi connectivity index (χ1v) is 7.21. The molecule has 0 N–H and O–H groups in total. The van der Waals surface area contributed by atoms with Crippen molar-refractivity contribution >= 4 is 23.4 Å². The third-order valence-corrected chi connectivity index (χ3v) is 3.54. The Kier molecular flexibility index (Phi) is 5.18. The van der Waals surface area contributed by atoms with E-state index in [0.717, 1.165) is 11.1 Å². The van der Waals surface area contributed by atoms with Gasteiger partial charge in [-0.15, -0.1) is 0 Å². The molecule has 0 aliphatic heterocycles. The zero-order valence-corrected chi connectivity index (χ0v) is 13.3. The molecule has 0 aliphatic rings. The summed E-state index contributed by atoms with van der Waals surface area (Å²) < 4.78 is 0. The molecule has 0 aromatic heterocycles. The van der Waals surface area contributed by atoms with Crippen LogP contribution in [0.3, 0.4) is 0 Å². The summed E-state index contributed by atoms with van der Waals surface area (Å²) in [6.45, 7) is 3.70. The molecule has 0 amide bonds. The Morgan fingerprint density at radius 1 is 0.625 bits per heavy atom. The van der Waals surface area contributed by atoms with E-state index in [1.54, 1.807) is 24.3 Å². The lowest BCUT2D eigenvalue weighted by atomic mass is 9.92. The van der Waals surface area contributed by atoms with Crippen LogP contribution in [0.5, 0.6) is 0 Å². The van der Waals surface area contributed by atoms with Gasteiger partial charge < -0.3 is 0 Å². The third-order valence-electron chi connectivity index (χ3n) is 3.54. The minimum Gasteiger partial charge on any atom is -0.288 e. The molecular formula is C20H14O4. The molecule has 24 heavy (non-hydrogen) atoms. The fourth-order valence-corrected chi connectivity index (χ4v) is 2.12. The van der Waals surface area contributed by atoms with E-state index in [2.05, 4.69) is 0 Å². The van der Waals surface area contributed by atoms with Crippen molar-refractivity contribution in [2.45, 2.75) is 13.8 Å². The van der Waals surface area contributed by atoms with Gasteiger partial charge in [-0.1, -0.05) is 59.7 Å². The molecule has 0 fully saturated rings. The van der Waals surface area contributed by atoms with Crippen molar-refractivity contribution in [2.75, 3.05) is 0 Å². The zero-order chi connectivity index (χ0) is 17.7. The fourth-order valence-electron chi connectivity index (χ4n) is 2.12. The Morgan fingerprint density at radius 3 is 1.17 bits per heavy atom. The van der Waals surface area contributed by atoms with Crippen molar-refractivity contribution < 1.29 is 19.2 Å². The standard InChI is InChI=1S/C20H14O4/c1-13-3-7-15(8-4-13)19(23)17(11-21)18(12-22)20(24)16-9-5-14(2)6-10-16/h3-10H,1-2H3. The van der Waals surface area contributed by atoms with Crippen LogP contribution in [-0.2, 0) is 9.59 Å². The second-order valence-corrected chi connectivity index (χ2v) is 5.34. The second-order valence-electron chi connectivity index (χ2n) is 5.34. The average Bonchev–Trinajstić information content (AvgIpc) is 2.59. The number of rotatable bonds is 5. The molecule has 0 aliphatic carbocycles. The minimum absolute atomic E-state index is 0.198. The van der Waals surface area contributed by atoms with Crippen molar-refractivity contribution in [3.05, 3.63) is 81.9 Å². The molecular weight excluding hydrogens is 304 g/mol. The number of carbonyl (C=O) groups is 2. The van der Waals surface area contributed by atoms with Crippen LogP contribution in [0.4, 0.5) is 0 Å². The van der Waals surface area contributed by atoms with Gasteiger partial charge in [0.2, 0.25) is 11.6 Å². The highest BCUT2D eigenvalue weighted by Gasteiger charge is 2.25. The highest BCUT2D eigenvalue weighted by Crippen LogP contribution is 2.18. The summed E-state index contributed by atoms with van der Waals surface area (Å²) in [6, 6.07) is 12.9. The highest BCUT2D eigenvalue weighted by atomic mass is 16.1. The first-order chi connectivity index (χ1) is 11.5. The van der Waals surface area contributed by atoms with E-state index in [1.807, 2.05) is 13.8 Å². The van der Waals surface area contributed by atoms with Gasteiger partial charge in [-0.05, 0) is 13.8 Å². The predicted octanol–water partition coefficient (Wildman–Crippen LogP) is 2.89. The summed E-state index contributed by atoms with van der Waals surface area (Å²) in [5, 5.41) is 0. The Morgan fingerprint density at radius 2 is 0.917 bits per heavy atom. The molecule has 0 unspecified atom stereocenters. The first-order valence-electron chi connectivity index (χ1n) is 7.21. The first kappa shape index (κ1) is 17.0. The van der Waals surface area contributed by atoms with Crippen LogP contribution in [-0.4, -0.2) is 23.4 Å². The molecule has 4 nitrogen and oxygen atoms in total. The molecule has 2 aromatic rings. The minimum atomic E-state index is -0.733. The molecule has 118 valence electrons. The van der Waals surface area contributed by atoms with Crippen LogP contribution in [0.25, 0.3) is 0 Å². The van der Waals surface area contributed by atoms with Gasteiger partial charge in [0.1, 0.15) is 23.0 Å². The fraction of sp³-hybridized carbons (Fsp3) is 0.100. The summed E-state index contributed by atoms with van der Waals surface area (Å²) in [6.07, 6.45) is 0. The van der Waals surface area contributed by atoms with Gasteiger partial charge >= 0.3 is 0 Å². The van der Waals surface area contributed by atoms with Crippen molar-refractivity contribution in [3.63, 3.8) is 0 Å². The zero-order valence-electron chi connectivity index (χ0n) is 13.3. The Bertz CT molecular complexity index is 812. The quantitative estimate of drug-likeness (QED) is 0.368. The van der Waals surface area contributed by atoms with Crippen LogP contribution in [0.2, 0.25) is 0 Å². The molecule has 2 aromatic carbocycles. The summed E-state index contributed by atoms with van der Waals surface area (Å²) >= 11 is 0. The van der Waals surface area contributed by atoms with Gasteiger partial charge in [0.15, 0.2) is 0 Å². The van der Waals surface area contributed by atoms with E-state index in [1.165, 1.54) is 36.1 Å². The predicted molar refractivity (Wildman–Crippen MR) is 89.4 cm³/mol. The Labute approximate surface area is 139 Å². The number of benzene rings is 2. The van der Waals surface area contributed by atoms with Crippen LogP contribution in [0.15, 0.2) is 59.7 Å². The molecule has 0 saturated heterocycles. The van der Waals surface area contributed by atoms with Crippen molar-refractivity contribution in [1.82, 2.24) is 0 Å². The Hall–Kier alpha value is -3.32. The molecule has 0 radical (unpaired) electrons. The summed E-state index contributed by atoms with van der Waals surface area (Å²) in [5.41, 5.74) is 1.04. The normalized spacial score (nSPS) is 9.58. The number of aryl methyl sites for hydroxylation is 2. The molecule has 0 spiro atoms. The van der Waals surface area contributed by atoms with E-state index in [0.29, 0.717) is 0 Å². The molecule has 0 bridgehead atoms. The number of hydrogen-bond acceptors (Lipinski definition) is 4. The van der Waals surface area contributed by atoms with E-state index in [4.69, 9.17) is 0 Å². The molecule has 2 rings (SSSR count). The van der Waals surface area contributed by atoms with E-state index < -0.39 is 22.7 Å². The van der Waals surface area contributed by atoms with Crippen molar-refractivity contribution in [3.8, 4) is 0 Å². The maximum absolute atomic E-state index is 12.4. The molecule has 0 saturated carbocycles. The summed E-state index contributed by atoms with van der Waals surface area (Å²) in [5.74, 6) is 1.38. The lowest BCUT2D eigenvalue weighted by Gasteiger charge is -2.05. The van der Waals surface area contributed by atoms with Gasteiger partial charge in [-0.2, -0.15) is 0 Å². The number of hydrogen-bond donors (Lipinski definition) is 0. The average molecular weight is 318 g/mol. The largest absolute Gasteiger partial charge is 0.288 e. The lowest BCUT2D eigenvalue weighted by molar-refractivity contribution is 0.0999. The van der Waals surface area contributed by atoms with Gasteiger partial charge in [0.25, 0.3) is 0 Å². The smallest absolute Gasteiger partial charge is 0.205 e. The second kappa shape index (κ2) is 7.30. The summed E-state index contributed by atoms with van der Waals surface area (Å²) in [4.78, 5) is 47.3. The van der Waals surface area contributed by atoms with Crippen LogP contribution in [0.1, 0.15) is 31.8 Å². The monoisotopic (exact) mass is 318 g/mol. The van der Waals surface area contributed by atoms with Crippen molar-refractivity contribution in [1.29, 1.82) is 0 Å². The summed E-state index contributed by atoms with van der Waals surface area (Å²) in [7, 11) is 0. The number of carbonyl (C=O) groups excluding carboxylic acids is 4. The number of Topliss-reactive ketones (excluding diaryl/α,β-unsaturated/α-hetero) is 2.